The number of carboxylic acid groups (broad SMARTS) is 1. The van der Waals surface area contributed by atoms with E-state index in [4.69, 9.17) is 14.3 Å². The zero-order valence-corrected chi connectivity index (χ0v) is 18.9. The minimum atomic E-state index is -1.97. The fourth-order valence-electron chi connectivity index (χ4n) is 3.85. The zero-order chi connectivity index (χ0) is 24.2. The molecule has 33 heavy (non-hydrogen) atoms. The summed E-state index contributed by atoms with van der Waals surface area (Å²) in [6, 6.07) is 8.20. The number of carboxylic acids is 1. The predicted octanol–water partition coefficient (Wildman–Crippen LogP) is 2.42. The van der Waals surface area contributed by atoms with Crippen LogP contribution in [-0.4, -0.2) is 60.3 Å². The fourth-order valence-corrected chi connectivity index (χ4v) is 3.85. The Balaban J connectivity index is 2.00. The van der Waals surface area contributed by atoms with Gasteiger partial charge >= 0.3 is 5.97 Å². The molecule has 1 aromatic carbocycles. The summed E-state index contributed by atoms with van der Waals surface area (Å²) in [6.07, 6.45) is 2.64. The van der Waals surface area contributed by atoms with Crippen LogP contribution < -0.4 is 10.8 Å². The van der Waals surface area contributed by atoms with E-state index in [1.54, 1.807) is 26.1 Å². The van der Waals surface area contributed by atoms with Gasteiger partial charge in [0, 0.05) is 25.8 Å². The zero-order valence-electron chi connectivity index (χ0n) is 18.9. The Morgan fingerprint density at radius 3 is 2.58 bits per heavy atom. The van der Waals surface area contributed by atoms with Crippen molar-refractivity contribution in [3.8, 4) is 0 Å². The minimum absolute atomic E-state index is 0.382. The van der Waals surface area contributed by atoms with Gasteiger partial charge in [0.25, 0.3) is 5.91 Å². The first-order valence-electron chi connectivity index (χ1n) is 10.4. The van der Waals surface area contributed by atoms with Crippen LogP contribution in [0.15, 0.2) is 42.6 Å². The lowest BCUT2D eigenvalue weighted by molar-refractivity contribution is -0.235. The molecule has 9 nitrogen and oxygen atoms in total. The standard InChI is InChI=1S/C23H28FN3O6/c1-14(2)22(21(30)26-18(11-19(28)29)23(13-24,31-3)32-4)12-17(27-33-22)20-16-8-6-5-7-15(16)9-10-25-20/h5-10,12,14,18,27H,11,13H2,1-4H3,(H,26,30)(H,28,29). The molecule has 0 spiro atoms. The minimum Gasteiger partial charge on any atom is -0.481 e. The van der Waals surface area contributed by atoms with Gasteiger partial charge in [0.2, 0.25) is 5.79 Å². The van der Waals surface area contributed by atoms with E-state index in [0.717, 1.165) is 10.8 Å². The maximum absolute atomic E-state index is 13.9. The molecule has 2 atom stereocenters. The summed E-state index contributed by atoms with van der Waals surface area (Å²) in [7, 11) is 2.36. The van der Waals surface area contributed by atoms with Gasteiger partial charge < -0.3 is 19.9 Å². The SMILES string of the molecule is COC(CF)(OC)C(CC(=O)O)NC(=O)C1(C(C)C)C=C(c2nccc3ccccc23)NO1. The third kappa shape index (κ3) is 4.54. The van der Waals surface area contributed by atoms with Crippen LogP contribution in [0.3, 0.4) is 0 Å². The second kappa shape index (κ2) is 9.82. The van der Waals surface area contributed by atoms with E-state index in [-0.39, 0.29) is 5.92 Å². The second-order valence-electron chi connectivity index (χ2n) is 8.07. The third-order valence-corrected chi connectivity index (χ3v) is 5.92. The normalized spacial score (nSPS) is 19.3. The highest BCUT2D eigenvalue weighted by atomic mass is 19.1. The summed E-state index contributed by atoms with van der Waals surface area (Å²) in [5.41, 5.74) is 2.36. The highest BCUT2D eigenvalue weighted by Gasteiger charge is 2.50. The Morgan fingerprint density at radius 1 is 1.27 bits per heavy atom. The molecule has 178 valence electrons. The van der Waals surface area contributed by atoms with Gasteiger partial charge in [-0.05, 0) is 23.4 Å². The van der Waals surface area contributed by atoms with Crippen LogP contribution in [0.1, 0.15) is 26.0 Å². The highest BCUT2D eigenvalue weighted by Crippen LogP contribution is 2.35. The van der Waals surface area contributed by atoms with Gasteiger partial charge in [0.05, 0.1) is 23.9 Å². The Bertz CT molecular complexity index is 1040. The number of benzene rings is 1. The van der Waals surface area contributed by atoms with E-state index in [9.17, 15) is 19.1 Å². The number of hydrogen-bond donors (Lipinski definition) is 3. The molecule has 2 unspecified atom stereocenters. The molecule has 2 aromatic rings. The molecule has 1 amide bonds. The Hall–Kier alpha value is -3.08. The van der Waals surface area contributed by atoms with E-state index in [0.29, 0.717) is 11.4 Å². The van der Waals surface area contributed by atoms with Gasteiger partial charge in [-0.3, -0.25) is 24.9 Å². The average molecular weight is 461 g/mol. The van der Waals surface area contributed by atoms with E-state index < -0.39 is 42.4 Å². The van der Waals surface area contributed by atoms with Gasteiger partial charge in [0.1, 0.15) is 6.67 Å². The molecule has 0 bridgehead atoms. The van der Waals surface area contributed by atoms with E-state index in [1.807, 2.05) is 30.3 Å². The number of rotatable bonds is 10. The first-order valence-corrected chi connectivity index (χ1v) is 10.4. The lowest BCUT2D eigenvalue weighted by Gasteiger charge is -2.38. The predicted molar refractivity (Wildman–Crippen MR) is 118 cm³/mol. The Labute approximate surface area is 190 Å². The van der Waals surface area contributed by atoms with Crippen molar-refractivity contribution < 1.29 is 33.4 Å². The number of amides is 1. The molecule has 0 saturated heterocycles. The number of pyridine rings is 1. The summed E-state index contributed by atoms with van der Waals surface area (Å²) in [6.45, 7) is 2.38. The van der Waals surface area contributed by atoms with E-state index >= 15 is 0 Å². The van der Waals surface area contributed by atoms with Crippen LogP contribution in [0.25, 0.3) is 16.5 Å². The van der Waals surface area contributed by atoms with Gasteiger partial charge in [-0.25, -0.2) is 4.39 Å². The van der Waals surface area contributed by atoms with Crippen LogP contribution in [-0.2, 0) is 23.9 Å². The van der Waals surface area contributed by atoms with Gasteiger partial charge in [-0.1, -0.05) is 38.1 Å². The molecule has 1 aromatic heterocycles. The number of carbonyl (C=O) groups is 2. The third-order valence-electron chi connectivity index (χ3n) is 5.92. The molecular formula is C23H28FN3O6. The Kier molecular flexibility index (Phi) is 7.31. The molecule has 3 N–H and O–H groups in total. The number of methoxy groups -OCH3 is 2. The smallest absolute Gasteiger partial charge is 0.305 e. The topological polar surface area (TPSA) is 119 Å². The fraction of sp³-hybridized carbons (Fsp3) is 0.435. The molecule has 0 fully saturated rings. The lowest BCUT2D eigenvalue weighted by Crippen LogP contribution is -2.62. The Morgan fingerprint density at radius 2 is 1.97 bits per heavy atom. The van der Waals surface area contributed by atoms with Crippen molar-refractivity contribution in [3.63, 3.8) is 0 Å². The van der Waals surface area contributed by atoms with Gasteiger partial charge in [-0.15, -0.1) is 0 Å². The van der Waals surface area contributed by atoms with Crippen molar-refractivity contribution in [2.45, 2.75) is 37.7 Å². The molecule has 0 aliphatic carbocycles. The van der Waals surface area contributed by atoms with Crippen LogP contribution in [0, 0.1) is 5.92 Å². The number of nitrogens with one attached hydrogen (secondary N) is 2. The largest absolute Gasteiger partial charge is 0.481 e. The first kappa shape index (κ1) is 24.6. The second-order valence-corrected chi connectivity index (χ2v) is 8.07. The van der Waals surface area contributed by atoms with Crippen molar-refractivity contribution in [1.82, 2.24) is 15.8 Å². The summed E-state index contributed by atoms with van der Waals surface area (Å²) >= 11 is 0. The van der Waals surface area contributed by atoms with Crippen molar-refractivity contribution in [1.29, 1.82) is 0 Å². The number of fused-ring (bicyclic) bond motifs is 1. The number of aromatic nitrogens is 1. The summed E-state index contributed by atoms with van der Waals surface area (Å²) in [5, 5.41) is 13.7. The molecule has 10 heteroatoms. The number of aliphatic carboxylic acids is 1. The highest BCUT2D eigenvalue weighted by molar-refractivity contribution is 5.96. The van der Waals surface area contributed by atoms with E-state index in [1.165, 1.54) is 14.2 Å². The average Bonchev–Trinajstić information content (AvgIpc) is 3.27. The molecule has 3 rings (SSSR count). The van der Waals surface area contributed by atoms with Crippen molar-refractivity contribution in [2.75, 3.05) is 20.9 Å². The molecule has 1 aliphatic rings. The summed E-state index contributed by atoms with van der Waals surface area (Å²) in [5.74, 6) is -4.28. The molecule has 1 aliphatic heterocycles. The van der Waals surface area contributed by atoms with Crippen molar-refractivity contribution in [3.05, 3.63) is 48.3 Å². The van der Waals surface area contributed by atoms with Crippen LogP contribution >= 0.6 is 0 Å². The number of nitrogens with zero attached hydrogens (tertiary/aromatic N) is 1. The van der Waals surface area contributed by atoms with Gasteiger partial charge in [-0.2, -0.15) is 0 Å². The number of hydroxylamine groups is 1. The van der Waals surface area contributed by atoms with Crippen LogP contribution in [0.4, 0.5) is 4.39 Å². The number of alkyl halides is 1. The van der Waals surface area contributed by atoms with E-state index in [2.05, 4.69) is 15.8 Å². The van der Waals surface area contributed by atoms with Crippen molar-refractivity contribution >= 4 is 28.3 Å². The molecule has 0 saturated carbocycles. The van der Waals surface area contributed by atoms with Crippen LogP contribution in [0.2, 0.25) is 0 Å². The number of hydrogen-bond acceptors (Lipinski definition) is 7. The first-order chi connectivity index (χ1) is 15.7. The van der Waals surface area contributed by atoms with Gasteiger partial charge in [0.15, 0.2) is 5.60 Å². The quantitative estimate of drug-likeness (QED) is 0.462. The maximum Gasteiger partial charge on any atom is 0.305 e. The van der Waals surface area contributed by atoms with Crippen molar-refractivity contribution in [2.24, 2.45) is 5.92 Å². The lowest BCUT2D eigenvalue weighted by atomic mass is 9.87. The maximum atomic E-state index is 13.9. The number of carbonyl (C=O) groups excluding carboxylic acids is 1. The molecule has 2 heterocycles. The summed E-state index contributed by atoms with van der Waals surface area (Å²) < 4.78 is 24.1. The molecular weight excluding hydrogens is 433 g/mol. The number of ether oxygens (including phenoxy) is 2. The number of halogens is 1. The summed E-state index contributed by atoms with van der Waals surface area (Å²) in [4.78, 5) is 35.1. The molecule has 0 radical (unpaired) electrons. The monoisotopic (exact) mass is 461 g/mol. The van der Waals surface area contributed by atoms with Crippen LogP contribution in [0.5, 0.6) is 0 Å².